The summed E-state index contributed by atoms with van der Waals surface area (Å²) in [6.45, 7) is 1.72. The molecule has 0 spiro atoms. The third kappa shape index (κ3) is 2.98. The number of anilines is 1. The van der Waals surface area contributed by atoms with Crippen LogP contribution in [-0.2, 0) is 4.79 Å². The maximum Gasteiger partial charge on any atom is 0.338 e. The molecule has 0 unspecified atom stereocenters. The molecule has 6 heteroatoms. The summed E-state index contributed by atoms with van der Waals surface area (Å²) in [5.41, 5.74) is 4.69. The summed E-state index contributed by atoms with van der Waals surface area (Å²) in [7, 11) is 0. The van der Waals surface area contributed by atoms with Crippen LogP contribution >= 0.6 is 15.9 Å². The number of benzene rings is 2. The Hall–Kier alpha value is -3.12. The Balaban J connectivity index is 1.95. The molecule has 2 aromatic carbocycles. The van der Waals surface area contributed by atoms with Crippen LogP contribution in [0.25, 0.3) is 22.8 Å². The minimum atomic E-state index is -1.01. The molecule has 4 rings (SSSR count). The number of carbonyl (C=O) groups excluding carboxylic acids is 1. The molecule has 0 saturated carbocycles. The van der Waals surface area contributed by atoms with Crippen LogP contribution in [-0.4, -0.2) is 22.0 Å². The van der Waals surface area contributed by atoms with Gasteiger partial charge in [-0.1, -0.05) is 46.3 Å². The van der Waals surface area contributed by atoms with Crippen molar-refractivity contribution in [3.63, 3.8) is 0 Å². The molecule has 1 aromatic heterocycles. The van der Waals surface area contributed by atoms with E-state index in [1.54, 1.807) is 13.0 Å². The maximum absolute atomic E-state index is 12.5. The maximum atomic E-state index is 12.5. The van der Waals surface area contributed by atoms with Gasteiger partial charge in [-0.2, -0.15) is 0 Å². The fourth-order valence-electron chi connectivity index (χ4n) is 3.38. The third-order valence-corrected chi connectivity index (χ3v) is 5.04. The van der Waals surface area contributed by atoms with Gasteiger partial charge in [0.25, 0.3) is 5.91 Å². The zero-order valence-electron chi connectivity index (χ0n) is 14.3. The average molecular weight is 423 g/mol. The smallest absolute Gasteiger partial charge is 0.338 e. The van der Waals surface area contributed by atoms with Gasteiger partial charge in [0.15, 0.2) is 0 Å². The highest BCUT2D eigenvalue weighted by Crippen LogP contribution is 2.38. The van der Waals surface area contributed by atoms with Crippen molar-refractivity contribution in [3.8, 4) is 11.1 Å². The molecule has 0 aliphatic carbocycles. The van der Waals surface area contributed by atoms with E-state index >= 15 is 0 Å². The zero-order chi connectivity index (χ0) is 19.1. The largest absolute Gasteiger partial charge is 0.478 e. The molecule has 27 heavy (non-hydrogen) atoms. The number of carboxylic acid groups (broad SMARTS) is 1. The lowest BCUT2D eigenvalue weighted by molar-refractivity contribution is -0.110. The summed E-state index contributed by atoms with van der Waals surface area (Å²) in [6, 6.07) is 14.9. The number of nitrogens with one attached hydrogen (secondary N) is 2. The first-order chi connectivity index (χ1) is 13.0. The van der Waals surface area contributed by atoms with Crippen LogP contribution in [0.3, 0.4) is 0 Å². The van der Waals surface area contributed by atoms with Gasteiger partial charge in [-0.15, -0.1) is 0 Å². The Morgan fingerprint density at radius 2 is 1.89 bits per heavy atom. The van der Waals surface area contributed by atoms with E-state index in [0.29, 0.717) is 22.5 Å². The Labute approximate surface area is 163 Å². The Kier molecular flexibility index (Phi) is 4.20. The molecule has 134 valence electrons. The minimum Gasteiger partial charge on any atom is -0.478 e. The van der Waals surface area contributed by atoms with Crippen LogP contribution < -0.4 is 5.32 Å². The van der Waals surface area contributed by atoms with Gasteiger partial charge in [-0.25, -0.2) is 4.79 Å². The van der Waals surface area contributed by atoms with Gasteiger partial charge in [-0.3, -0.25) is 4.79 Å². The third-order valence-electron chi connectivity index (χ3n) is 4.55. The molecule has 0 fully saturated rings. The molecule has 1 aliphatic rings. The molecule has 3 aromatic rings. The number of H-pyrrole nitrogens is 1. The second kappa shape index (κ2) is 6.55. The van der Waals surface area contributed by atoms with Gasteiger partial charge in [0.2, 0.25) is 0 Å². The van der Waals surface area contributed by atoms with Gasteiger partial charge in [0.05, 0.1) is 11.1 Å². The van der Waals surface area contributed by atoms with Crippen LogP contribution in [0.2, 0.25) is 0 Å². The monoisotopic (exact) mass is 422 g/mol. The molecule has 0 atom stereocenters. The molecule has 0 radical (unpaired) electrons. The SMILES string of the molecule is Cc1[nH]c(/C=C2\C(=O)Nc3ccc(Br)cc32)c(-c2ccccc2)c1C(=O)O. The lowest BCUT2D eigenvalue weighted by Gasteiger charge is -2.05. The van der Waals surface area contributed by atoms with Crippen molar-refractivity contribution < 1.29 is 14.7 Å². The molecule has 1 aliphatic heterocycles. The zero-order valence-corrected chi connectivity index (χ0v) is 15.9. The average Bonchev–Trinajstić information content (AvgIpc) is 3.13. The first kappa shape index (κ1) is 17.3. The Bertz CT molecular complexity index is 1110. The van der Waals surface area contributed by atoms with Crippen molar-refractivity contribution in [1.29, 1.82) is 0 Å². The quantitative estimate of drug-likeness (QED) is 0.522. The van der Waals surface area contributed by atoms with Crippen molar-refractivity contribution >= 4 is 45.1 Å². The van der Waals surface area contributed by atoms with Gasteiger partial charge in [0.1, 0.15) is 0 Å². The highest BCUT2D eigenvalue weighted by Gasteiger charge is 2.27. The van der Waals surface area contributed by atoms with E-state index in [2.05, 4.69) is 26.2 Å². The fourth-order valence-corrected chi connectivity index (χ4v) is 3.74. The van der Waals surface area contributed by atoms with E-state index in [4.69, 9.17) is 0 Å². The molecule has 0 saturated heterocycles. The fraction of sp³-hybridized carbons (Fsp3) is 0.0476. The molecular formula is C21H15BrN2O3. The van der Waals surface area contributed by atoms with Crippen molar-refractivity contribution in [2.75, 3.05) is 5.32 Å². The number of aromatic carboxylic acids is 1. The van der Waals surface area contributed by atoms with Gasteiger partial charge in [0, 0.05) is 32.7 Å². The van der Waals surface area contributed by atoms with Crippen molar-refractivity contribution in [2.24, 2.45) is 0 Å². The number of hydrogen-bond acceptors (Lipinski definition) is 2. The Morgan fingerprint density at radius 1 is 1.15 bits per heavy atom. The van der Waals surface area contributed by atoms with Crippen LogP contribution in [0.5, 0.6) is 0 Å². The van der Waals surface area contributed by atoms with E-state index in [1.807, 2.05) is 48.5 Å². The highest BCUT2D eigenvalue weighted by molar-refractivity contribution is 9.10. The van der Waals surface area contributed by atoms with Crippen LogP contribution in [0.1, 0.15) is 27.3 Å². The predicted molar refractivity (Wildman–Crippen MR) is 109 cm³/mol. The summed E-state index contributed by atoms with van der Waals surface area (Å²) in [6.07, 6.45) is 1.72. The standard InChI is InChI=1S/C21H15BrN2O3/c1-11-18(21(26)27)19(12-5-3-2-4-6-12)17(23-11)10-15-14-9-13(22)7-8-16(14)24-20(15)25/h2-10,23H,1H3,(H,24,25)(H,26,27)/b15-10-. The van der Waals surface area contributed by atoms with Crippen molar-refractivity contribution in [3.05, 3.63) is 75.5 Å². The highest BCUT2D eigenvalue weighted by atomic mass is 79.9. The summed E-state index contributed by atoms with van der Waals surface area (Å²) in [4.78, 5) is 27.5. The van der Waals surface area contributed by atoms with E-state index in [9.17, 15) is 14.7 Å². The van der Waals surface area contributed by atoms with Crippen LogP contribution in [0, 0.1) is 6.92 Å². The molecule has 3 N–H and O–H groups in total. The number of aryl methyl sites for hydroxylation is 1. The molecule has 5 nitrogen and oxygen atoms in total. The summed E-state index contributed by atoms with van der Waals surface area (Å²) in [5, 5.41) is 12.5. The lowest BCUT2D eigenvalue weighted by Crippen LogP contribution is -2.03. The second-order valence-corrected chi connectivity index (χ2v) is 7.20. The number of hydrogen-bond donors (Lipinski definition) is 3. The molecule has 2 heterocycles. The summed E-state index contributed by atoms with van der Waals surface area (Å²) in [5.74, 6) is -1.22. The van der Waals surface area contributed by atoms with Gasteiger partial charge < -0.3 is 15.4 Å². The first-order valence-electron chi connectivity index (χ1n) is 8.30. The van der Waals surface area contributed by atoms with Gasteiger partial charge >= 0.3 is 5.97 Å². The van der Waals surface area contributed by atoms with E-state index < -0.39 is 5.97 Å². The second-order valence-electron chi connectivity index (χ2n) is 6.29. The normalized spacial score (nSPS) is 14.3. The van der Waals surface area contributed by atoms with Crippen LogP contribution in [0.4, 0.5) is 5.69 Å². The number of aromatic nitrogens is 1. The number of carbonyl (C=O) groups is 2. The number of carboxylic acids is 1. The molecule has 1 amide bonds. The van der Waals surface area contributed by atoms with E-state index in [0.717, 1.165) is 21.3 Å². The summed E-state index contributed by atoms with van der Waals surface area (Å²) >= 11 is 3.43. The summed E-state index contributed by atoms with van der Waals surface area (Å²) < 4.78 is 0.862. The van der Waals surface area contributed by atoms with Crippen LogP contribution in [0.15, 0.2) is 53.0 Å². The minimum absolute atomic E-state index is 0.209. The molecule has 0 bridgehead atoms. The number of halogens is 1. The van der Waals surface area contributed by atoms with Gasteiger partial charge in [-0.05, 0) is 36.8 Å². The van der Waals surface area contributed by atoms with Crippen molar-refractivity contribution in [1.82, 2.24) is 4.98 Å². The number of fused-ring (bicyclic) bond motifs is 1. The van der Waals surface area contributed by atoms with E-state index in [1.165, 1.54) is 0 Å². The number of rotatable bonds is 3. The lowest BCUT2D eigenvalue weighted by atomic mass is 9.98. The van der Waals surface area contributed by atoms with E-state index in [-0.39, 0.29) is 11.5 Å². The van der Waals surface area contributed by atoms with Crippen molar-refractivity contribution in [2.45, 2.75) is 6.92 Å². The topological polar surface area (TPSA) is 82.2 Å². The Morgan fingerprint density at radius 3 is 2.59 bits per heavy atom. The number of amides is 1. The predicted octanol–water partition coefficient (Wildman–Crippen LogP) is 4.94. The number of aromatic amines is 1. The molecular weight excluding hydrogens is 408 g/mol. The first-order valence-corrected chi connectivity index (χ1v) is 9.09.